The van der Waals surface area contributed by atoms with Gasteiger partial charge in [0, 0.05) is 30.8 Å². The molecule has 1 fully saturated rings. The van der Waals surface area contributed by atoms with E-state index in [1.807, 2.05) is 45.0 Å². The molecule has 1 amide bonds. The predicted octanol–water partition coefficient (Wildman–Crippen LogP) is 2.65. The largest absolute Gasteiger partial charge is 0.487 e. The highest BCUT2D eigenvalue weighted by molar-refractivity contribution is 5.93. The molecule has 0 aliphatic carbocycles. The van der Waals surface area contributed by atoms with E-state index in [0.29, 0.717) is 31.3 Å². The summed E-state index contributed by atoms with van der Waals surface area (Å²) in [5, 5.41) is 3.15. The van der Waals surface area contributed by atoms with Crippen molar-refractivity contribution in [2.75, 3.05) is 31.2 Å². The van der Waals surface area contributed by atoms with Crippen LogP contribution >= 0.6 is 0 Å². The number of hydrogen-bond acceptors (Lipinski definition) is 6. The summed E-state index contributed by atoms with van der Waals surface area (Å²) in [6.45, 7) is 8.70. The molecule has 1 aromatic heterocycles. The number of rotatable bonds is 3. The molecule has 28 heavy (non-hydrogen) atoms. The molecule has 1 N–H and O–H groups in total. The monoisotopic (exact) mass is 382 g/mol. The zero-order chi connectivity index (χ0) is 19.7. The number of hydrogen-bond donors (Lipinski definition) is 1. The van der Waals surface area contributed by atoms with Crippen molar-refractivity contribution in [3.05, 3.63) is 47.3 Å². The first-order chi connectivity index (χ1) is 13.4. The zero-order valence-corrected chi connectivity index (χ0v) is 16.6. The Morgan fingerprint density at radius 2 is 1.96 bits per heavy atom. The summed E-state index contributed by atoms with van der Waals surface area (Å²) in [6, 6.07) is 9.46. The molecule has 2 aliphatic heterocycles. The van der Waals surface area contributed by atoms with Crippen LogP contribution in [0.25, 0.3) is 0 Å². The number of benzene rings is 1. The molecule has 2 aromatic rings. The number of anilines is 1. The van der Waals surface area contributed by atoms with Gasteiger partial charge < -0.3 is 19.7 Å². The molecule has 1 atom stereocenters. The number of aryl methyl sites for hydroxylation is 1. The average molecular weight is 382 g/mol. The van der Waals surface area contributed by atoms with E-state index in [0.717, 1.165) is 30.1 Å². The van der Waals surface area contributed by atoms with Crippen LogP contribution in [0, 0.1) is 6.92 Å². The van der Waals surface area contributed by atoms with Crippen LogP contribution in [0.2, 0.25) is 0 Å². The molecular formula is C21H26N4O3. The number of fused-ring (bicyclic) bond motifs is 1. The molecule has 0 unspecified atom stereocenters. The standard InChI is InChI=1S/C21H26N4O3/c1-14-12-16(24-20(22-14)25-8-10-27-11-9-25)19(26)23-17-13-21(2,3)28-18-7-5-4-6-15(17)18/h4-7,12,17H,8-11,13H2,1-3H3,(H,23,26)/t17-/m0/s1. The van der Waals surface area contributed by atoms with Crippen molar-refractivity contribution in [1.29, 1.82) is 0 Å². The average Bonchev–Trinajstić information content (AvgIpc) is 2.67. The first-order valence-electron chi connectivity index (χ1n) is 9.68. The van der Waals surface area contributed by atoms with Crippen LogP contribution in [0.15, 0.2) is 30.3 Å². The van der Waals surface area contributed by atoms with Crippen LogP contribution in [0.3, 0.4) is 0 Å². The minimum atomic E-state index is -0.354. The second-order valence-corrected chi connectivity index (χ2v) is 7.92. The van der Waals surface area contributed by atoms with E-state index in [2.05, 4.69) is 20.2 Å². The van der Waals surface area contributed by atoms with Gasteiger partial charge in [-0.25, -0.2) is 9.97 Å². The number of ether oxygens (including phenoxy) is 2. The molecule has 2 aliphatic rings. The van der Waals surface area contributed by atoms with E-state index in [-0.39, 0.29) is 17.6 Å². The Morgan fingerprint density at radius 1 is 1.21 bits per heavy atom. The van der Waals surface area contributed by atoms with Crippen LogP contribution in [0.1, 0.15) is 48.1 Å². The Kier molecular flexibility index (Phi) is 4.93. The Hall–Kier alpha value is -2.67. The number of morpholine rings is 1. The molecule has 0 radical (unpaired) electrons. The van der Waals surface area contributed by atoms with Gasteiger partial charge in [0.05, 0.1) is 19.3 Å². The van der Waals surface area contributed by atoms with Crippen LogP contribution in [0.4, 0.5) is 5.95 Å². The lowest BCUT2D eigenvalue weighted by Crippen LogP contribution is -2.41. The first kappa shape index (κ1) is 18.7. The molecule has 1 aromatic carbocycles. The van der Waals surface area contributed by atoms with E-state index in [4.69, 9.17) is 9.47 Å². The number of carbonyl (C=O) groups is 1. The lowest BCUT2D eigenvalue weighted by molar-refractivity contribution is 0.0618. The van der Waals surface area contributed by atoms with Gasteiger partial charge in [0.1, 0.15) is 17.0 Å². The number of para-hydroxylation sites is 1. The normalized spacial score (nSPS) is 20.8. The van der Waals surface area contributed by atoms with Gasteiger partial charge in [-0.05, 0) is 32.9 Å². The molecule has 7 heteroatoms. The summed E-state index contributed by atoms with van der Waals surface area (Å²) in [5.41, 5.74) is 1.80. The Morgan fingerprint density at radius 3 is 2.75 bits per heavy atom. The lowest BCUT2D eigenvalue weighted by atomic mass is 9.89. The number of nitrogens with zero attached hydrogens (tertiary/aromatic N) is 3. The Labute approximate surface area is 165 Å². The van der Waals surface area contributed by atoms with E-state index < -0.39 is 0 Å². The van der Waals surface area contributed by atoms with Gasteiger partial charge in [-0.1, -0.05) is 18.2 Å². The third-order valence-electron chi connectivity index (χ3n) is 5.05. The third kappa shape index (κ3) is 3.94. The van der Waals surface area contributed by atoms with Gasteiger partial charge in [-0.2, -0.15) is 0 Å². The summed E-state index contributed by atoms with van der Waals surface area (Å²) < 4.78 is 11.5. The van der Waals surface area contributed by atoms with Crippen molar-refractivity contribution in [3.63, 3.8) is 0 Å². The highest BCUT2D eigenvalue weighted by Gasteiger charge is 2.34. The first-order valence-corrected chi connectivity index (χ1v) is 9.68. The van der Waals surface area contributed by atoms with Gasteiger partial charge in [-0.15, -0.1) is 0 Å². The SMILES string of the molecule is Cc1cc(C(=O)N[C@H]2CC(C)(C)Oc3ccccc32)nc(N2CCOCC2)n1. The van der Waals surface area contributed by atoms with Crippen LogP contribution in [0.5, 0.6) is 5.75 Å². The van der Waals surface area contributed by atoms with Crippen molar-refractivity contribution in [3.8, 4) is 5.75 Å². The van der Waals surface area contributed by atoms with Crippen molar-refractivity contribution in [1.82, 2.24) is 15.3 Å². The molecule has 0 saturated carbocycles. The highest BCUT2D eigenvalue weighted by Crippen LogP contribution is 2.39. The number of carbonyl (C=O) groups excluding carboxylic acids is 1. The summed E-state index contributed by atoms with van der Waals surface area (Å²) in [5.74, 6) is 1.20. The quantitative estimate of drug-likeness (QED) is 0.880. The number of aromatic nitrogens is 2. The molecule has 0 bridgehead atoms. The second-order valence-electron chi connectivity index (χ2n) is 7.92. The summed E-state index contributed by atoms with van der Waals surface area (Å²) >= 11 is 0. The van der Waals surface area contributed by atoms with Gasteiger partial charge in [-0.3, -0.25) is 4.79 Å². The maximum atomic E-state index is 13.0. The summed E-state index contributed by atoms with van der Waals surface area (Å²) in [4.78, 5) is 24.1. The van der Waals surface area contributed by atoms with Gasteiger partial charge >= 0.3 is 0 Å². The lowest BCUT2D eigenvalue weighted by Gasteiger charge is -2.37. The molecule has 0 spiro atoms. The molecule has 148 valence electrons. The van der Waals surface area contributed by atoms with E-state index in [1.165, 1.54) is 0 Å². The molecule has 4 rings (SSSR count). The number of nitrogens with one attached hydrogen (secondary N) is 1. The van der Waals surface area contributed by atoms with E-state index >= 15 is 0 Å². The van der Waals surface area contributed by atoms with E-state index in [9.17, 15) is 4.79 Å². The summed E-state index contributed by atoms with van der Waals surface area (Å²) in [7, 11) is 0. The van der Waals surface area contributed by atoms with Gasteiger partial charge in [0.15, 0.2) is 0 Å². The fourth-order valence-electron chi connectivity index (χ4n) is 3.74. The molecule has 1 saturated heterocycles. The van der Waals surface area contributed by atoms with Crippen molar-refractivity contribution < 1.29 is 14.3 Å². The fourth-order valence-corrected chi connectivity index (χ4v) is 3.74. The maximum Gasteiger partial charge on any atom is 0.270 e. The van der Waals surface area contributed by atoms with Gasteiger partial charge in [0.25, 0.3) is 5.91 Å². The smallest absolute Gasteiger partial charge is 0.270 e. The van der Waals surface area contributed by atoms with Crippen molar-refractivity contribution >= 4 is 11.9 Å². The fraction of sp³-hybridized carbons (Fsp3) is 0.476. The topological polar surface area (TPSA) is 76.6 Å². The Balaban J connectivity index is 1.58. The highest BCUT2D eigenvalue weighted by atomic mass is 16.5. The molecule has 7 nitrogen and oxygen atoms in total. The minimum absolute atomic E-state index is 0.130. The minimum Gasteiger partial charge on any atom is -0.487 e. The third-order valence-corrected chi connectivity index (χ3v) is 5.05. The predicted molar refractivity (Wildman–Crippen MR) is 106 cm³/mol. The van der Waals surface area contributed by atoms with Crippen LogP contribution < -0.4 is 15.0 Å². The maximum absolute atomic E-state index is 13.0. The van der Waals surface area contributed by atoms with Crippen molar-refractivity contribution in [2.24, 2.45) is 0 Å². The van der Waals surface area contributed by atoms with Crippen molar-refractivity contribution in [2.45, 2.75) is 38.8 Å². The zero-order valence-electron chi connectivity index (χ0n) is 16.6. The van der Waals surface area contributed by atoms with Gasteiger partial charge in [0.2, 0.25) is 5.95 Å². The van der Waals surface area contributed by atoms with Crippen LogP contribution in [-0.4, -0.2) is 47.8 Å². The molecule has 3 heterocycles. The van der Waals surface area contributed by atoms with Crippen LogP contribution in [-0.2, 0) is 4.74 Å². The second kappa shape index (κ2) is 7.39. The Bertz CT molecular complexity index is 878. The summed E-state index contributed by atoms with van der Waals surface area (Å²) in [6.07, 6.45) is 0.691. The molecular weight excluding hydrogens is 356 g/mol. The number of amides is 1. The van der Waals surface area contributed by atoms with E-state index in [1.54, 1.807) is 6.07 Å².